The first kappa shape index (κ1) is 17.2. The number of nitrogens with zero attached hydrogens (tertiary/aromatic N) is 4. The number of pyridine rings is 1. The Hall–Kier alpha value is -2.61. The molecule has 0 aliphatic carbocycles. The number of aryl methyl sites for hydroxylation is 1. The van der Waals surface area contributed by atoms with Crippen molar-refractivity contribution in [3.8, 4) is 22.6 Å². The van der Waals surface area contributed by atoms with Crippen LogP contribution >= 0.6 is 11.8 Å². The maximum Gasteiger partial charge on any atom is 0.260 e. The summed E-state index contributed by atoms with van der Waals surface area (Å²) in [5.74, 6) is 1.22. The Bertz CT molecular complexity index is 965. The van der Waals surface area contributed by atoms with Gasteiger partial charge in [-0.15, -0.1) is 10.2 Å². The van der Waals surface area contributed by atoms with Crippen molar-refractivity contribution < 1.29 is 9.47 Å². The van der Waals surface area contributed by atoms with Crippen molar-refractivity contribution in [3.63, 3.8) is 0 Å². The first-order valence-corrected chi connectivity index (χ1v) is 8.89. The van der Waals surface area contributed by atoms with Crippen molar-refractivity contribution in [2.45, 2.75) is 18.6 Å². The number of rotatable bonds is 5. The van der Waals surface area contributed by atoms with Gasteiger partial charge in [-0.25, -0.2) is 4.98 Å². The molecule has 0 aliphatic heterocycles. The number of benzene rings is 1. The first-order chi connectivity index (χ1) is 12.1. The van der Waals surface area contributed by atoms with Crippen molar-refractivity contribution in [1.29, 1.82) is 0 Å². The lowest BCUT2D eigenvalue weighted by molar-refractivity contribution is 0.394. The van der Waals surface area contributed by atoms with Crippen molar-refractivity contribution in [1.82, 2.24) is 19.7 Å². The molecule has 0 amide bonds. The summed E-state index contributed by atoms with van der Waals surface area (Å²) in [6, 6.07) is 7.06. The summed E-state index contributed by atoms with van der Waals surface area (Å²) in [5, 5.41) is 8.82. The van der Waals surface area contributed by atoms with Crippen LogP contribution in [0.4, 0.5) is 0 Å². The van der Waals surface area contributed by atoms with Gasteiger partial charge < -0.3 is 9.47 Å². The van der Waals surface area contributed by atoms with Gasteiger partial charge in [0.2, 0.25) is 5.16 Å². The molecule has 3 aromatic rings. The fraction of sp³-hybridized carbons (Fsp3) is 0.294. The average Bonchev–Trinajstić information content (AvgIpc) is 2.66. The molecule has 0 aliphatic rings. The van der Waals surface area contributed by atoms with Crippen molar-refractivity contribution in [3.05, 3.63) is 34.6 Å². The Labute approximate surface area is 149 Å². The normalized spacial score (nSPS) is 10.9. The van der Waals surface area contributed by atoms with Crippen LogP contribution in [-0.4, -0.2) is 40.2 Å². The minimum Gasteiger partial charge on any atom is -0.497 e. The fourth-order valence-electron chi connectivity index (χ4n) is 2.59. The summed E-state index contributed by atoms with van der Waals surface area (Å²) >= 11 is 1.39. The largest absolute Gasteiger partial charge is 0.497 e. The highest BCUT2D eigenvalue weighted by molar-refractivity contribution is 7.98. The molecule has 0 spiro atoms. The second kappa shape index (κ2) is 7.10. The smallest absolute Gasteiger partial charge is 0.260 e. The quantitative estimate of drug-likeness (QED) is 0.649. The van der Waals surface area contributed by atoms with E-state index in [2.05, 4.69) is 15.2 Å². The molecular formula is C17H18N4O3S. The zero-order chi connectivity index (χ0) is 18.0. The van der Waals surface area contributed by atoms with Crippen LogP contribution in [-0.2, 0) is 6.54 Å². The zero-order valence-electron chi connectivity index (χ0n) is 14.4. The van der Waals surface area contributed by atoms with E-state index < -0.39 is 0 Å². The van der Waals surface area contributed by atoms with Crippen LogP contribution in [0.2, 0.25) is 0 Å². The third kappa shape index (κ3) is 3.17. The monoisotopic (exact) mass is 358 g/mol. The number of aromatic nitrogens is 4. The number of ether oxygens (including phenoxy) is 2. The lowest BCUT2D eigenvalue weighted by atomic mass is 10.1. The van der Waals surface area contributed by atoms with E-state index in [1.165, 1.54) is 11.8 Å². The molecule has 130 valence electrons. The van der Waals surface area contributed by atoms with Gasteiger partial charge in [-0.2, -0.15) is 0 Å². The van der Waals surface area contributed by atoms with Crippen molar-refractivity contribution >= 4 is 22.9 Å². The lowest BCUT2D eigenvalue weighted by Gasteiger charge is -2.12. The third-order valence-electron chi connectivity index (χ3n) is 3.85. The van der Waals surface area contributed by atoms with Crippen LogP contribution in [0.5, 0.6) is 11.5 Å². The molecule has 0 N–H and O–H groups in total. The van der Waals surface area contributed by atoms with Gasteiger partial charge in [0.05, 0.1) is 14.2 Å². The Balaban J connectivity index is 2.31. The van der Waals surface area contributed by atoms with Gasteiger partial charge in [-0.3, -0.25) is 9.36 Å². The van der Waals surface area contributed by atoms with Crippen LogP contribution in [0, 0.1) is 0 Å². The average molecular weight is 358 g/mol. The highest BCUT2D eigenvalue weighted by Gasteiger charge is 2.15. The summed E-state index contributed by atoms with van der Waals surface area (Å²) in [5.41, 5.74) is 2.15. The van der Waals surface area contributed by atoms with Gasteiger partial charge >= 0.3 is 0 Å². The summed E-state index contributed by atoms with van der Waals surface area (Å²) in [7, 11) is 3.14. The van der Waals surface area contributed by atoms with Gasteiger partial charge in [-0.1, -0.05) is 11.8 Å². The maximum absolute atomic E-state index is 13.0. The first-order valence-electron chi connectivity index (χ1n) is 7.67. The number of methoxy groups -OCH3 is 2. The van der Waals surface area contributed by atoms with E-state index in [-0.39, 0.29) is 5.56 Å². The standard InChI is InChI=1S/C17H18N4O3S/c1-5-21-15-14(19-20-17(18-15)25-4)9-13(16(21)22)10-6-11(23-2)8-12(7-10)24-3/h6-9H,5H2,1-4H3. The summed E-state index contributed by atoms with van der Waals surface area (Å²) in [6.07, 6.45) is 1.87. The van der Waals surface area contributed by atoms with Crippen LogP contribution < -0.4 is 15.0 Å². The minimum atomic E-state index is -0.141. The second-order valence-corrected chi connectivity index (χ2v) is 5.99. The van der Waals surface area contributed by atoms with Crippen molar-refractivity contribution in [2.75, 3.05) is 20.5 Å². The molecule has 0 saturated carbocycles. The topological polar surface area (TPSA) is 79.1 Å². The number of hydrogen-bond donors (Lipinski definition) is 0. The van der Waals surface area contributed by atoms with E-state index in [0.29, 0.717) is 45.5 Å². The number of hydrogen-bond acceptors (Lipinski definition) is 7. The van der Waals surface area contributed by atoms with Gasteiger partial charge in [0.15, 0.2) is 5.65 Å². The van der Waals surface area contributed by atoms with E-state index in [1.807, 2.05) is 13.2 Å². The Morgan fingerprint density at radius 3 is 2.32 bits per heavy atom. The molecule has 2 heterocycles. The van der Waals surface area contributed by atoms with Gasteiger partial charge in [0, 0.05) is 18.2 Å². The minimum absolute atomic E-state index is 0.141. The predicted molar refractivity (Wildman–Crippen MR) is 97.6 cm³/mol. The number of thioether (sulfide) groups is 1. The summed E-state index contributed by atoms with van der Waals surface area (Å²) in [4.78, 5) is 17.4. The molecule has 0 fully saturated rings. The SMILES string of the molecule is CCn1c(=O)c(-c2cc(OC)cc(OC)c2)cc2nnc(SC)nc21. The molecule has 0 atom stereocenters. The molecule has 25 heavy (non-hydrogen) atoms. The fourth-order valence-corrected chi connectivity index (χ4v) is 2.89. The highest BCUT2D eigenvalue weighted by Crippen LogP contribution is 2.29. The highest BCUT2D eigenvalue weighted by atomic mass is 32.2. The van der Waals surface area contributed by atoms with Crippen LogP contribution in [0.3, 0.4) is 0 Å². The molecule has 8 heteroatoms. The van der Waals surface area contributed by atoms with E-state index in [9.17, 15) is 4.79 Å². The summed E-state index contributed by atoms with van der Waals surface area (Å²) < 4.78 is 12.2. The van der Waals surface area contributed by atoms with E-state index >= 15 is 0 Å². The molecule has 0 radical (unpaired) electrons. The molecule has 3 rings (SSSR count). The van der Waals surface area contributed by atoms with E-state index in [1.54, 1.807) is 43.1 Å². The van der Waals surface area contributed by atoms with Crippen LogP contribution in [0.1, 0.15) is 6.92 Å². The zero-order valence-corrected chi connectivity index (χ0v) is 15.3. The molecule has 0 unspecified atom stereocenters. The van der Waals surface area contributed by atoms with Crippen molar-refractivity contribution in [2.24, 2.45) is 0 Å². The maximum atomic E-state index is 13.0. The van der Waals surface area contributed by atoms with Gasteiger partial charge in [-0.05, 0) is 36.9 Å². The lowest BCUT2D eigenvalue weighted by Crippen LogP contribution is -2.22. The van der Waals surface area contributed by atoms with Crippen LogP contribution in [0.15, 0.2) is 34.2 Å². The third-order valence-corrected chi connectivity index (χ3v) is 4.39. The number of fused-ring (bicyclic) bond motifs is 1. The molecule has 1 aromatic carbocycles. The predicted octanol–water partition coefficient (Wildman–Crippen LogP) is 2.61. The molecule has 7 nitrogen and oxygen atoms in total. The van der Waals surface area contributed by atoms with Gasteiger partial charge in [0.1, 0.15) is 17.0 Å². The second-order valence-electron chi connectivity index (χ2n) is 5.22. The summed E-state index contributed by atoms with van der Waals surface area (Å²) in [6.45, 7) is 2.38. The molecule has 2 aromatic heterocycles. The molecular weight excluding hydrogens is 340 g/mol. The van der Waals surface area contributed by atoms with E-state index in [4.69, 9.17) is 9.47 Å². The Morgan fingerprint density at radius 1 is 1.08 bits per heavy atom. The molecule has 0 bridgehead atoms. The van der Waals surface area contributed by atoms with Gasteiger partial charge in [0.25, 0.3) is 5.56 Å². The molecule has 0 saturated heterocycles. The van der Waals surface area contributed by atoms with Crippen LogP contribution in [0.25, 0.3) is 22.3 Å². The Kier molecular flexibility index (Phi) is 4.89. The Morgan fingerprint density at radius 2 is 1.76 bits per heavy atom. The van der Waals surface area contributed by atoms with E-state index in [0.717, 1.165) is 0 Å².